The lowest BCUT2D eigenvalue weighted by molar-refractivity contribution is -0.133. The van der Waals surface area contributed by atoms with Gasteiger partial charge in [0.2, 0.25) is 5.91 Å². The van der Waals surface area contributed by atoms with Gasteiger partial charge in [-0.05, 0) is 42.7 Å². The molecule has 2 aromatic rings. The molecule has 1 saturated heterocycles. The Labute approximate surface area is 136 Å². The van der Waals surface area contributed by atoms with Crippen LogP contribution in [-0.2, 0) is 11.2 Å². The molecule has 0 N–H and O–H groups in total. The number of carbonyl (C=O) groups excluding carboxylic acids is 1. The Kier molecular flexibility index (Phi) is 3.85. The van der Waals surface area contributed by atoms with Crippen molar-refractivity contribution >= 4 is 5.91 Å². The minimum atomic E-state index is 0.270. The van der Waals surface area contributed by atoms with Crippen LogP contribution in [0.5, 0.6) is 0 Å². The highest BCUT2D eigenvalue weighted by molar-refractivity contribution is 5.77. The van der Waals surface area contributed by atoms with Crippen LogP contribution in [0.3, 0.4) is 0 Å². The lowest BCUT2D eigenvalue weighted by Crippen LogP contribution is -2.41. The quantitative estimate of drug-likeness (QED) is 0.875. The molecule has 5 nitrogen and oxygen atoms in total. The van der Waals surface area contributed by atoms with Crippen LogP contribution in [0.1, 0.15) is 48.8 Å². The third kappa shape index (κ3) is 2.87. The van der Waals surface area contributed by atoms with Crippen LogP contribution in [0.4, 0.5) is 0 Å². The topological polar surface area (TPSA) is 51.0 Å². The standard InChI is InChI=1S/C18H22N4O/c23-18(10-15-8-7-14-4-1-2-6-17(14)15)21-9-3-5-16(11-21)22-13-19-12-20-22/h1-2,4,6,12-13,15-16H,3,5,7-11H2/t15-,16+/m0/s1. The number of hydrogen-bond donors (Lipinski definition) is 0. The van der Waals surface area contributed by atoms with Crippen LogP contribution < -0.4 is 0 Å². The van der Waals surface area contributed by atoms with Crippen LogP contribution in [0.2, 0.25) is 0 Å². The zero-order valence-corrected chi connectivity index (χ0v) is 13.3. The van der Waals surface area contributed by atoms with E-state index in [2.05, 4.69) is 34.3 Å². The average Bonchev–Trinajstić information content (AvgIpc) is 3.25. The molecule has 23 heavy (non-hydrogen) atoms. The largest absolute Gasteiger partial charge is 0.341 e. The summed E-state index contributed by atoms with van der Waals surface area (Å²) in [5.74, 6) is 0.682. The van der Waals surface area contributed by atoms with Crippen LogP contribution >= 0.6 is 0 Å². The first kappa shape index (κ1) is 14.4. The summed E-state index contributed by atoms with van der Waals surface area (Å²) in [5.41, 5.74) is 2.80. The van der Waals surface area contributed by atoms with E-state index in [9.17, 15) is 4.79 Å². The number of hydrogen-bond acceptors (Lipinski definition) is 3. The molecule has 0 spiro atoms. The van der Waals surface area contributed by atoms with Gasteiger partial charge in [-0.3, -0.25) is 4.79 Å². The maximum absolute atomic E-state index is 12.8. The number of nitrogens with zero attached hydrogens (tertiary/aromatic N) is 4. The van der Waals surface area contributed by atoms with E-state index in [1.165, 1.54) is 11.1 Å². The monoisotopic (exact) mass is 310 g/mol. The van der Waals surface area contributed by atoms with Crippen molar-refractivity contribution in [1.29, 1.82) is 0 Å². The number of aromatic nitrogens is 3. The van der Waals surface area contributed by atoms with Crippen LogP contribution in [-0.4, -0.2) is 38.7 Å². The molecule has 1 aromatic carbocycles. The molecule has 0 saturated carbocycles. The van der Waals surface area contributed by atoms with Gasteiger partial charge in [0, 0.05) is 19.5 Å². The fourth-order valence-electron chi connectivity index (χ4n) is 4.00. The predicted molar refractivity (Wildman–Crippen MR) is 87.0 cm³/mol. The third-order valence-electron chi connectivity index (χ3n) is 5.24. The molecular formula is C18H22N4O. The summed E-state index contributed by atoms with van der Waals surface area (Å²) in [6.07, 6.45) is 8.28. The molecule has 1 aliphatic carbocycles. The van der Waals surface area contributed by atoms with E-state index in [0.29, 0.717) is 12.3 Å². The summed E-state index contributed by atoms with van der Waals surface area (Å²) in [5, 5.41) is 4.23. The molecule has 2 aliphatic rings. The first-order valence-electron chi connectivity index (χ1n) is 8.51. The van der Waals surface area contributed by atoms with Gasteiger partial charge in [0.05, 0.1) is 6.04 Å². The number of aryl methyl sites for hydroxylation is 1. The molecule has 2 heterocycles. The summed E-state index contributed by atoms with van der Waals surface area (Å²) in [7, 11) is 0. The molecule has 5 heteroatoms. The smallest absolute Gasteiger partial charge is 0.223 e. The zero-order valence-electron chi connectivity index (χ0n) is 13.3. The van der Waals surface area contributed by atoms with Crippen molar-refractivity contribution in [2.24, 2.45) is 0 Å². The van der Waals surface area contributed by atoms with Gasteiger partial charge in [-0.2, -0.15) is 5.10 Å². The lowest BCUT2D eigenvalue weighted by Gasteiger charge is -2.33. The van der Waals surface area contributed by atoms with Gasteiger partial charge in [-0.25, -0.2) is 9.67 Å². The Hall–Kier alpha value is -2.17. The van der Waals surface area contributed by atoms with Gasteiger partial charge in [0.15, 0.2) is 0 Å². The summed E-state index contributed by atoms with van der Waals surface area (Å²) < 4.78 is 1.89. The van der Waals surface area contributed by atoms with E-state index in [1.54, 1.807) is 12.7 Å². The molecular weight excluding hydrogens is 288 g/mol. The van der Waals surface area contributed by atoms with E-state index in [4.69, 9.17) is 0 Å². The minimum absolute atomic E-state index is 0.270. The Bertz CT molecular complexity index is 682. The number of amides is 1. The van der Waals surface area contributed by atoms with Crippen molar-refractivity contribution in [3.05, 3.63) is 48.0 Å². The third-order valence-corrected chi connectivity index (χ3v) is 5.24. The molecule has 1 aromatic heterocycles. The number of likely N-dealkylation sites (tertiary alicyclic amines) is 1. The second-order valence-electron chi connectivity index (χ2n) is 6.65. The lowest BCUT2D eigenvalue weighted by atomic mass is 9.96. The van der Waals surface area contributed by atoms with Gasteiger partial charge >= 0.3 is 0 Å². The highest BCUT2D eigenvalue weighted by Gasteiger charge is 2.29. The van der Waals surface area contributed by atoms with E-state index in [1.807, 2.05) is 9.58 Å². The molecule has 1 fully saturated rings. The Balaban J connectivity index is 1.41. The van der Waals surface area contributed by atoms with E-state index < -0.39 is 0 Å². The summed E-state index contributed by atoms with van der Waals surface area (Å²) >= 11 is 0. The second-order valence-corrected chi connectivity index (χ2v) is 6.65. The summed E-state index contributed by atoms with van der Waals surface area (Å²) in [4.78, 5) is 18.8. The van der Waals surface area contributed by atoms with Crippen molar-refractivity contribution in [3.63, 3.8) is 0 Å². The molecule has 0 bridgehead atoms. The fraction of sp³-hybridized carbons (Fsp3) is 0.500. The minimum Gasteiger partial charge on any atom is -0.341 e. The van der Waals surface area contributed by atoms with Crippen molar-refractivity contribution < 1.29 is 4.79 Å². The molecule has 1 amide bonds. The highest BCUT2D eigenvalue weighted by Crippen LogP contribution is 2.36. The van der Waals surface area contributed by atoms with Crippen LogP contribution in [0.15, 0.2) is 36.9 Å². The van der Waals surface area contributed by atoms with Crippen LogP contribution in [0.25, 0.3) is 0 Å². The summed E-state index contributed by atoms with van der Waals surface area (Å²) in [6, 6.07) is 8.83. The van der Waals surface area contributed by atoms with Gasteiger partial charge in [-0.1, -0.05) is 24.3 Å². The molecule has 0 radical (unpaired) electrons. The average molecular weight is 310 g/mol. The van der Waals surface area contributed by atoms with Gasteiger partial charge < -0.3 is 4.90 Å². The number of carbonyl (C=O) groups is 1. The maximum Gasteiger partial charge on any atom is 0.223 e. The van der Waals surface area contributed by atoms with E-state index >= 15 is 0 Å². The van der Waals surface area contributed by atoms with Gasteiger partial charge in [0.25, 0.3) is 0 Å². The molecule has 1 aliphatic heterocycles. The van der Waals surface area contributed by atoms with Crippen LogP contribution in [0, 0.1) is 0 Å². The summed E-state index contributed by atoms with van der Waals surface area (Å²) in [6.45, 7) is 1.63. The molecule has 2 atom stereocenters. The normalized spacial score (nSPS) is 23.7. The Morgan fingerprint density at radius 3 is 3.04 bits per heavy atom. The molecule has 120 valence electrons. The fourth-order valence-corrected chi connectivity index (χ4v) is 4.00. The number of fused-ring (bicyclic) bond motifs is 1. The van der Waals surface area contributed by atoms with Crippen molar-refractivity contribution in [1.82, 2.24) is 19.7 Å². The number of rotatable bonds is 3. The van der Waals surface area contributed by atoms with E-state index in [-0.39, 0.29) is 11.9 Å². The Morgan fingerprint density at radius 1 is 1.26 bits per heavy atom. The SMILES string of the molecule is O=C(C[C@@H]1CCc2ccccc21)N1CCC[C@@H](n2cncn2)C1. The second kappa shape index (κ2) is 6.14. The first-order valence-corrected chi connectivity index (χ1v) is 8.51. The molecule has 0 unspecified atom stereocenters. The highest BCUT2D eigenvalue weighted by atomic mass is 16.2. The molecule has 4 rings (SSSR count). The Morgan fingerprint density at radius 2 is 2.17 bits per heavy atom. The van der Waals surface area contributed by atoms with Gasteiger partial charge in [0.1, 0.15) is 12.7 Å². The zero-order chi connectivity index (χ0) is 15.6. The van der Waals surface area contributed by atoms with Crippen molar-refractivity contribution in [2.45, 2.75) is 44.1 Å². The first-order chi connectivity index (χ1) is 11.3. The number of piperidine rings is 1. The maximum atomic E-state index is 12.8. The van der Waals surface area contributed by atoms with Crippen molar-refractivity contribution in [2.75, 3.05) is 13.1 Å². The van der Waals surface area contributed by atoms with E-state index in [0.717, 1.165) is 38.8 Å². The van der Waals surface area contributed by atoms with Gasteiger partial charge in [-0.15, -0.1) is 0 Å². The van der Waals surface area contributed by atoms with Crippen molar-refractivity contribution in [3.8, 4) is 0 Å². The number of benzene rings is 1. The predicted octanol–water partition coefficient (Wildman–Crippen LogP) is 2.56.